The van der Waals surface area contributed by atoms with Gasteiger partial charge in [-0.3, -0.25) is 14.2 Å². The van der Waals surface area contributed by atoms with Crippen molar-refractivity contribution in [2.24, 2.45) is 0 Å². The number of H-pyrrole nitrogens is 1. The summed E-state index contributed by atoms with van der Waals surface area (Å²) in [7, 11) is 0. The molecule has 0 saturated carbocycles. The highest BCUT2D eigenvalue weighted by Crippen LogP contribution is 2.35. The number of benzene rings is 1. The van der Waals surface area contributed by atoms with E-state index < -0.39 is 0 Å². The van der Waals surface area contributed by atoms with Crippen LogP contribution >= 0.6 is 11.3 Å². The number of aromatic nitrogens is 3. The molecule has 0 aliphatic heterocycles. The van der Waals surface area contributed by atoms with E-state index in [0.29, 0.717) is 23.9 Å². The van der Waals surface area contributed by atoms with Crippen molar-refractivity contribution in [1.29, 1.82) is 0 Å². The van der Waals surface area contributed by atoms with Crippen molar-refractivity contribution >= 4 is 21.6 Å². The Labute approximate surface area is 189 Å². The Morgan fingerprint density at radius 2 is 2.00 bits per heavy atom. The molecule has 3 aromatic heterocycles. The molecule has 0 bridgehead atoms. The van der Waals surface area contributed by atoms with Crippen LogP contribution in [-0.2, 0) is 19.4 Å². The van der Waals surface area contributed by atoms with Gasteiger partial charge in [-0.05, 0) is 38.2 Å². The highest BCUT2D eigenvalue weighted by atomic mass is 32.1. The Morgan fingerprint density at radius 3 is 2.75 bits per heavy atom. The zero-order chi connectivity index (χ0) is 22.2. The van der Waals surface area contributed by atoms with Crippen LogP contribution in [0.5, 0.6) is 5.75 Å². The minimum Gasteiger partial charge on any atom is -0.488 e. The predicted molar refractivity (Wildman–Crippen MR) is 128 cm³/mol. The molecule has 0 amide bonds. The van der Waals surface area contributed by atoms with Gasteiger partial charge in [0.25, 0.3) is 5.56 Å². The molecule has 0 radical (unpaired) electrons. The Bertz CT molecular complexity index is 1410. The Kier molecular flexibility index (Phi) is 5.43. The molecular formula is C25H25N3O3S. The quantitative estimate of drug-likeness (QED) is 0.474. The maximum Gasteiger partial charge on any atom is 0.263 e. The van der Waals surface area contributed by atoms with Crippen LogP contribution in [0.1, 0.15) is 41.5 Å². The molecule has 0 atom stereocenters. The van der Waals surface area contributed by atoms with Crippen LogP contribution in [0.15, 0.2) is 46.1 Å². The molecule has 3 heterocycles. The molecule has 4 aromatic rings. The molecule has 0 fully saturated rings. The molecule has 1 aliphatic rings. The van der Waals surface area contributed by atoms with Gasteiger partial charge in [0.15, 0.2) is 5.75 Å². The summed E-state index contributed by atoms with van der Waals surface area (Å²) in [6, 6.07) is 9.53. The number of nitrogens with zero attached hydrogens (tertiary/aromatic N) is 2. The molecule has 0 spiro atoms. The van der Waals surface area contributed by atoms with Gasteiger partial charge in [-0.2, -0.15) is 0 Å². The first kappa shape index (κ1) is 20.7. The van der Waals surface area contributed by atoms with Crippen LogP contribution < -0.4 is 15.7 Å². The second kappa shape index (κ2) is 8.39. The third-order valence-corrected chi connectivity index (χ3v) is 7.05. The summed E-state index contributed by atoms with van der Waals surface area (Å²) in [5, 5.41) is 0.739. The minimum absolute atomic E-state index is 0.0443. The third kappa shape index (κ3) is 3.66. The molecule has 7 heteroatoms. The van der Waals surface area contributed by atoms with Gasteiger partial charge in [0.2, 0.25) is 5.43 Å². The molecule has 1 N–H and O–H groups in total. The van der Waals surface area contributed by atoms with Gasteiger partial charge in [0.1, 0.15) is 10.7 Å². The monoisotopic (exact) mass is 447 g/mol. The number of fused-ring (bicyclic) bond motifs is 3. The number of hydrogen-bond donors (Lipinski definition) is 1. The Hall–Kier alpha value is -3.19. The fourth-order valence-electron chi connectivity index (χ4n) is 4.23. The van der Waals surface area contributed by atoms with E-state index in [1.165, 1.54) is 10.9 Å². The second-order valence-electron chi connectivity index (χ2n) is 8.27. The lowest BCUT2D eigenvalue weighted by Gasteiger charge is -2.14. The molecule has 0 unspecified atom stereocenters. The van der Waals surface area contributed by atoms with Crippen molar-refractivity contribution in [3.63, 3.8) is 0 Å². The highest BCUT2D eigenvalue weighted by molar-refractivity contribution is 7.18. The van der Waals surface area contributed by atoms with Gasteiger partial charge in [-0.25, -0.2) is 4.98 Å². The fraction of sp³-hybridized carbons (Fsp3) is 0.320. The number of rotatable bonds is 6. The van der Waals surface area contributed by atoms with Crippen LogP contribution in [0.3, 0.4) is 0 Å². The van der Waals surface area contributed by atoms with Gasteiger partial charge in [-0.1, -0.05) is 36.8 Å². The average Bonchev–Trinajstić information content (AvgIpc) is 3.37. The summed E-state index contributed by atoms with van der Waals surface area (Å²) >= 11 is 1.64. The molecule has 1 aromatic carbocycles. The third-order valence-electron chi connectivity index (χ3n) is 5.86. The largest absolute Gasteiger partial charge is 0.488 e. The molecule has 5 rings (SSSR count). The number of thiophene rings is 1. The summed E-state index contributed by atoms with van der Waals surface area (Å²) in [5.41, 5.74) is 3.59. The second-order valence-corrected chi connectivity index (χ2v) is 9.35. The number of aryl methyl sites for hydroxylation is 3. The fourth-order valence-corrected chi connectivity index (χ4v) is 5.49. The number of aromatic amines is 1. The first-order valence-electron chi connectivity index (χ1n) is 11.0. The zero-order valence-corrected chi connectivity index (χ0v) is 19.1. The summed E-state index contributed by atoms with van der Waals surface area (Å²) in [6.45, 7) is 4.75. The van der Waals surface area contributed by atoms with Crippen LogP contribution in [0.2, 0.25) is 0 Å². The average molecular weight is 448 g/mol. The van der Waals surface area contributed by atoms with E-state index >= 15 is 0 Å². The standard InChI is InChI=1S/C25H25N3O3S/c1-3-11-31-20-13-26-17(12-19(20)29)14-28-23(16-9-7-15(2)8-10-16)27-24-22(25(28)30)18-5-4-6-21(18)32-24/h7-10,12-13H,3-6,11,14H2,1-2H3,(H,26,29). The topological polar surface area (TPSA) is 77.0 Å². The smallest absolute Gasteiger partial charge is 0.263 e. The minimum atomic E-state index is -0.192. The zero-order valence-electron chi connectivity index (χ0n) is 18.2. The van der Waals surface area contributed by atoms with Crippen LogP contribution in [0, 0.1) is 6.92 Å². The van der Waals surface area contributed by atoms with Gasteiger partial charge >= 0.3 is 0 Å². The number of pyridine rings is 1. The van der Waals surface area contributed by atoms with Crippen molar-refractivity contribution in [2.75, 3.05) is 6.61 Å². The summed E-state index contributed by atoms with van der Waals surface area (Å²) < 4.78 is 7.18. The van der Waals surface area contributed by atoms with E-state index in [1.54, 1.807) is 22.1 Å². The Morgan fingerprint density at radius 1 is 1.19 bits per heavy atom. The first-order chi connectivity index (χ1) is 15.5. The maximum atomic E-state index is 13.7. The number of ether oxygens (including phenoxy) is 1. The van der Waals surface area contributed by atoms with Gasteiger partial charge in [-0.15, -0.1) is 11.3 Å². The number of hydrogen-bond acceptors (Lipinski definition) is 5. The van der Waals surface area contributed by atoms with E-state index in [-0.39, 0.29) is 17.5 Å². The maximum absolute atomic E-state index is 13.7. The normalized spacial score (nSPS) is 12.9. The van der Waals surface area contributed by atoms with Gasteiger partial charge in [0, 0.05) is 28.4 Å². The van der Waals surface area contributed by atoms with Crippen LogP contribution in [-0.4, -0.2) is 21.1 Å². The summed E-state index contributed by atoms with van der Waals surface area (Å²) in [6.07, 6.45) is 5.44. The lowest BCUT2D eigenvalue weighted by atomic mass is 10.1. The van der Waals surface area contributed by atoms with Crippen molar-refractivity contribution in [2.45, 2.75) is 46.1 Å². The van der Waals surface area contributed by atoms with E-state index in [9.17, 15) is 9.59 Å². The van der Waals surface area contributed by atoms with E-state index in [0.717, 1.165) is 52.6 Å². The summed E-state index contributed by atoms with van der Waals surface area (Å²) in [4.78, 5) is 36.4. The molecular weight excluding hydrogens is 422 g/mol. The van der Waals surface area contributed by atoms with Crippen molar-refractivity contribution in [3.05, 3.63) is 78.8 Å². The lowest BCUT2D eigenvalue weighted by molar-refractivity contribution is 0.313. The van der Waals surface area contributed by atoms with Gasteiger partial charge < -0.3 is 9.72 Å². The van der Waals surface area contributed by atoms with Crippen molar-refractivity contribution < 1.29 is 4.74 Å². The van der Waals surface area contributed by atoms with Crippen LogP contribution in [0.4, 0.5) is 0 Å². The van der Waals surface area contributed by atoms with Crippen molar-refractivity contribution in [1.82, 2.24) is 14.5 Å². The molecule has 164 valence electrons. The molecule has 6 nitrogen and oxygen atoms in total. The van der Waals surface area contributed by atoms with Crippen LogP contribution in [0.25, 0.3) is 21.6 Å². The van der Waals surface area contributed by atoms with E-state index in [1.807, 2.05) is 38.1 Å². The highest BCUT2D eigenvalue weighted by Gasteiger charge is 2.24. The van der Waals surface area contributed by atoms with Crippen molar-refractivity contribution in [3.8, 4) is 17.1 Å². The lowest BCUT2D eigenvalue weighted by Crippen LogP contribution is -2.25. The predicted octanol–water partition coefficient (Wildman–Crippen LogP) is 4.45. The summed E-state index contributed by atoms with van der Waals surface area (Å²) in [5.74, 6) is 0.917. The molecule has 1 aliphatic carbocycles. The Balaban J connectivity index is 1.65. The van der Waals surface area contributed by atoms with Gasteiger partial charge in [0.05, 0.1) is 18.5 Å². The van der Waals surface area contributed by atoms with E-state index in [4.69, 9.17) is 9.72 Å². The van der Waals surface area contributed by atoms with E-state index in [2.05, 4.69) is 4.98 Å². The molecule has 32 heavy (non-hydrogen) atoms. The number of nitrogens with one attached hydrogen (secondary N) is 1. The first-order valence-corrected chi connectivity index (χ1v) is 11.8. The SMILES string of the molecule is CCCOc1c[nH]c(Cn2c(-c3ccc(C)cc3)nc3sc4c(c3c2=O)CCC4)cc1=O. The molecule has 0 saturated heterocycles.